The molecule has 0 unspecified atom stereocenters. The predicted molar refractivity (Wildman–Crippen MR) is 131 cm³/mol. The quantitative estimate of drug-likeness (QED) is 0.345. The highest BCUT2D eigenvalue weighted by molar-refractivity contribution is 6.03. The first-order valence-corrected chi connectivity index (χ1v) is 11.2. The Morgan fingerprint density at radius 2 is 1.65 bits per heavy atom. The molecule has 5 rings (SSSR count). The summed E-state index contributed by atoms with van der Waals surface area (Å²) in [6, 6.07) is 25.8. The summed E-state index contributed by atoms with van der Waals surface area (Å²) in [4.78, 5) is 16.9. The fourth-order valence-electron chi connectivity index (χ4n) is 3.98. The van der Waals surface area contributed by atoms with Gasteiger partial charge in [0.2, 0.25) is 11.8 Å². The highest BCUT2D eigenvalue weighted by Gasteiger charge is 2.22. The number of hydrogen-bond acceptors (Lipinski definition) is 5. The van der Waals surface area contributed by atoms with Crippen LogP contribution >= 0.6 is 0 Å². The van der Waals surface area contributed by atoms with Crippen molar-refractivity contribution in [2.75, 3.05) is 0 Å². The molecule has 0 radical (unpaired) electrons. The second kappa shape index (κ2) is 9.35. The van der Waals surface area contributed by atoms with E-state index in [2.05, 4.69) is 22.2 Å². The number of nitrogens with zero attached hydrogens (tertiary/aromatic N) is 3. The number of oxazole rings is 1. The van der Waals surface area contributed by atoms with E-state index < -0.39 is 0 Å². The van der Waals surface area contributed by atoms with Crippen molar-refractivity contribution in [1.82, 2.24) is 9.99 Å². The lowest BCUT2D eigenvalue weighted by Gasteiger charge is -2.17. The molecule has 34 heavy (non-hydrogen) atoms. The molecule has 6 heteroatoms. The van der Waals surface area contributed by atoms with Gasteiger partial charge in [-0.2, -0.15) is 5.10 Å². The third-order valence-corrected chi connectivity index (χ3v) is 5.76. The number of aryl methyl sites for hydroxylation is 1. The van der Waals surface area contributed by atoms with Gasteiger partial charge in [-0.25, -0.2) is 9.99 Å². The number of aromatic nitrogens is 1. The van der Waals surface area contributed by atoms with Crippen LogP contribution < -0.4 is 4.74 Å². The van der Waals surface area contributed by atoms with Crippen LogP contribution in [0.25, 0.3) is 22.6 Å². The first-order valence-electron chi connectivity index (χ1n) is 11.2. The van der Waals surface area contributed by atoms with Crippen molar-refractivity contribution in [1.29, 1.82) is 0 Å². The van der Waals surface area contributed by atoms with E-state index >= 15 is 0 Å². The van der Waals surface area contributed by atoms with Crippen molar-refractivity contribution in [3.63, 3.8) is 0 Å². The van der Waals surface area contributed by atoms with Crippen molar-refractivity contribution < 1.29 is 13.9 Å². The average Bonchev–Trinajstić information content (AvgIpc) is 3.39. The zero-order valence-electron chi connectivity index (χ0n) is 19.2. The molecule has 0 aliphatic carbocycles. The number of carbonyl (C=O) groups is 1. The molecule has 0 bridgehead atoms. The van der Waals surface area contributed by atoms with Crippen LogP contribution in [0.2, 0.25) is 0 Å². The molecule has 0 fully saturated rings. The van der Waals surface area contributed by atoms with Crippen molar-refractivity contribution in [3.05, 3.63) is 95.9 Å². The topological polar surface area (TPSA) is 67.9 Å². The summed E-state index contributed by atoms with van der Waals surface area (Å²) in [6.45, 7) is 4.49. The summed E-state index contributed by atoms with van der Waals surface area (Å²) in [5.74, 6) is 2.06. The summed E-state index contributed by atoms with van der Waals surface area (Å²) >= 11 is 0. The first kappa shape index (κ1) is 21.6. The van der Waals surface area contributed by atoms with Gasteiger partial charge in [0.25, 0.3) is 0 Å². The van der Waals surface area contributed by atoms with Crippen LogP contribution in [-0.4, -0.2) is 21.6 Å². The summed E-state index contributed by atoms with van der Waals surface area (Å²) < 4.78 is 12.0. The Morgan fingerprint density at radius 1 is 0.941 bits per heavy atom. The smallest absolute Gasteiger partial charge is 0.248 e. The fourth-order valence-corrected chi connectivity index (χ4v) is 3.98. The number of amides is 1. The Bertz CT molecular complexity index is 1340. The van der Waals surface area contributed by atoms with Gasteiger partial charge in [-0.05, 0) is 54.8 Å². The second-order valence-corrected chi connectivity index (χ2v) is 8.33. The lowest BCUT2D eigenvalue weighted by Crippen LogP contribution is -2.20. The first-order chi connectivity index (χ1) is 16.6. The molecule has 1 amide bonds. The maximum absolute atomic E-state index is 12.3. The lowest BCUT2D eigenvalue weighted by molar-refractivity contribution is -0.129. The minimum Gasteiger partial charge on any atom is -0.487 e. The third kappa shape index (κ3) is 4.62. The number of carbonyl (C=O) groups excluding carboxylic acids is 1. The monoisotopic (exact) mass is 451 g/mol. The molecule has 2 heterocycles. The largest absolute Gasteiger partial charge is 0.487 e. The normalized spacial score (nSPS) is 13.3. The molecule has 0 saturated carbocycles. The van der Waals surface area contributed by atoms with Crippen molar-refractivity contribution in [3.8, 4) is 28.3 Å². The molecule has 0 N–H and O–H groups in total. The summed E-state index contributed by atoms with van der Waals surface area (Å²) in [5, 5.41) is 5.93. The fraction of sp³-hybridized carbons (Fsp3) is 0.179. The van der Waals surface area contributed by atoms with Crippen LogP contribution in [0.1, 0.15) is 30.4 Å². The van der Waals surface area contributed by atoms with Gasteiger partial charge in [0.1, 0.15) is 23.8 Å². The maximum Gasteiger partial charge on any atom is 0.248 e. The molecule has 3 aromatic carbocycles. The standard InChI is InChI=1S/C28H25N3O3/c1-19-15-27(32)31(30-19)17-23-13-14-24(16-25(23)21-9-5-3-6-10-21)33-18-26-20(2)34-28(29-26)22-11-7-4-8-12-22/h3-14,16H,15,17-18H2,1-2H3. The maximum atomic E-state index is 12.3. The molecule has 1 aromatic heterocycles. The van der Waals surface area contributed by atoms with E-state index in [1.54, 1.807) is 5.01 Å². The van der Waals surface area contributed by atoms with Gasteiger partial charge in [-0.1, -0.05) is 54.6 Å². The van der Waals surface area contributed by atoms with Crippen molar-refractivity contribution >= 4 is 11.6 Å². The Balaban J connectivity index is 1.39. The number of benzene rings is 3. The molecule has 6 nitrogen and oxygen atoms in total. The molecule has 0 spiro atoms. The van der Waals surface area contributed by atoms with E-state index in [1.165, 1.54) is 0 Å². The van der Waals surface area contributed by atoms with Gasteiger partial charge >= 0.3 is 0 Å². The number of ether oxygens (including phenoxy) is 1. The molecule has 4 aromatic rings. The van der Waals surface area contributed by atoms with Crippen LogP contribution in [0.4, 0.5) is 0 Å². The summed E-state index contributed by atoms with van der Waals surface area (Å²) in [6.07, 6.45) is 0.379. The second-order valence-electron chi connectivity index (χ2n) is 8.33. The summed E-state index contributed by atoms with van der Waals surface area (Å²) in [7, 11) is 0. The van der Waals surface area contributed by atoms with Gasteiger partial charge in [-0.3, -0.25) is 4.79 Å². The Morgan fingerprint density at radius 3 is 2.32 bits per heavy atom. The molecule has 170 valence electrons. The Kier molecular flexibility index (Phi) is 5.95. The van der Waals surface area contributed by atoms with Crippen molar-refractivity contribution in [2.24, 2.45) is 5.10 Å². The van der Waals surface area contributed by atoms with Gasteiger partial charge in [0, 0.05) is 11.3 Å². The molecule has 0 atom stereocenters. The Hall–Kier alpha value is -4.19. The highest BCUT2D eigenvalue weighted by Crippen LogP contribution is 2.31. The third-order valence-electron chi connectivity index (χ3n) is 5.76. The van der Waals surface area contributed by atoms with Crippen LogP contribution in [0, 0.1) is 6.92 Å². The van der Waals surface area contributed by atoms with E-state index in [-0.39, 0.29) is 5.91 Å². The highest BCUT2D eigenvalue weighted by atomic mass is 16.5. The summed E-state index contributed by atoms with van der Waals surface area (Å²) in [5.41, 5.74) is 5.60. The molecular formula is C28H25N3O3. The van der Waals surface area contributed by atoms with E-state index in [1.807, 2.05) is 80.6 Å². The number of hydrogen-bond donors (Lipinski definition) is 0. The Labute approximate surface area is 198 Å². The van der Waals surface area contributed by atoms with Gasteiger partial charge in [0.05, 0.1) is 13.0 Å². The average molecular weight is 452 g/mol. The van der Waals surface area contributed by atoms with E-state index in [0.29, 0.717) is 25.5 Å². The molecule has 1 aliphatic rings. The van der Waals surface area contributed by atoms with Crippen LogP contribution in [0.15, 0.2) is 88.4 Å². The van der Waals surface area contributed by atoms with E-state index in [4.69, 9.17) is 9.15 Å². The molecule has 0 saturated heterocycles. The van der Waals surface area contributed by atoms with Crippen LogP contribution in [-0.2, 0) is 17.9 Å². The molecular weight excluding hydrogens is 426 g/mol. The minimum absolute atomic E-state index is 0.0209. The number of rotatable bonds is 7. The van der Waals surface area contributed by atoms with Gasteiger partial charge in [-0.15, -0.1) is 0 Å². The SMILES string of the molecule is CC1=NN(Cc2ccc(OCc3nc(-c4ccccc4)oc3C)cc2-c2ccccc2)C(=O)C1. The van der Waals surface area contributed by atoms with E-state index in [0.717, 1.165) is 45.2 Å². The van der Waals surface area contributed by atoms with Gasteiger partial charge < -0.3 is 9.15 Å². The van der Waals surface area contributed by atoms with Gasteiger partial charge in [0.15, 0.2) is 0 Å². The van der Waals surface area contributed by atoms with E-state index in [9.17, 15) is 4.79 Å². The van der Waals surface area contributed by atoms with Crippen LogP contribution in [0.3, 0.4) is 0 Å². The number of hydrazone groups is 1. The minimum atomic E-state index is 0.0209. The van der Waals surface area contributed by atoms with Crippen molar-refractivity contribution in [2.45, 2.75) is 33.4 Å². The zero-order valence-corrected chi connectivity index (χ0v) is 19.2. The predicted octanol–water partition coefficient (Wildman–Crippen LogP) is 6.00. The molecule has 1 aliphatic heterocycles. The zero-order chi connectivity index (χ0) is 23.5. The lowest BCUT2D eigenvalue weighted by atomic mass is 9.99. The van der Waals surface area contributed by atoms with Crippen LogP contribution in [0.5, 0.6) is 5.75 Å².